The summed E-state index contributed by atoms with van der Waals surface area (Å²) in [7, 11) is 0. The van der Waals surface area contributed by atoms with E-state index in [0.717, 1.165) is 6.54 Å². The zero-order valence-electron chi connectivity index (χ0n) is 10.2. The van der Waals surface area contributed by atoms with E-state index in [1.54, 1.807) is 24.3 Å². The van der Waals surface area contributed by atoms with Crippen molar-refractivity contribution in [1.29, 1.82) is 0 Å². The number of hydrogen-bond acceptors (Lipinski definition) is 3. The van der Waals surface area contributed by atoms with Crippen LogP contribution in [-0.2, 0) is 0 Å². The number of carbonyl (C=O) groups excluding carboxylic acids is 1. The molecule has 1 N–H and O–H groups in total. The van der Waals surface area contributed by atoms with Crippen molar-refractivity contribution in [2.75, 3.05) is 19.7 Å². The average molecular weight is 256 g/mol. The Bertz CT molecular complexity index is 381. The van der Waals surface area contributed by atoms with E-state index in [1.807, 2.05) is 18.7 Å². The summed E-state index contributed by atoms with van der Waals surface area (Å²) in [6.07, 6.45) is 0. The Morgan fingerprint density at radius 1 is 1.53 bits per heavy atom. The van der Waals surface area contributed by atoms with Crippen molar-refractivity contribution in [2.45, 2.75) is 19.9 Å². The minimum atomic E-state index is -0.245. The van der Waals surface area contributed by atoms with Gasteiger partial charge in [0.1, 0.15) is 0 Å². The standard InChI is InChI=1S/C13H18ClNO2/c1-3-15(7-8-16)10(2)13(17)11-5-4-6-12(14)9-11/h4-6,9-10,16H,3,7-8H2,1-2H3. The molecule has 0 aliphatic heterocycles. The predicted octanol–water partition coefficient (Wildman–Crippen LogP) is 2.23. The molecule has 1 rings (SSSR count). The second-order valence-electron chi connectivity index (χ2n) is 3.90. The summed E-state index contributed by atoms with van der Waals surface area (Å²) in [6, 6.07) is 6.70. The number of aliphatic hydroxyl groups is 1. The van der Waals surface area contributed by atoms with E-state index >= 15 is 0 Å². The van der Waals surface area contributed by atoms with Crippen LogP contribution >= 0.6 is 11.6 Å². The van der Waals surface area contributed by atoms with Crippen LogP contribution in [0.4, 0.5) is 0 Å². The Morgan fingerprint density at radius 3 is 2.76 bits per heavy atom. The van der Waals surface area contributed by atoms with E-state index in [9.17, 15) is 4.79 Å². The molecule has 1 unspecified atom stereocenters. The summed E-state index contributed by atoms with van der Waals surface area (Å²) >= 11 is 5.86. The van der Waals surface area contributed by atoms with Gasteiger partial charge in [-0.25, -0.2) is 0 Å². The Hall–Kier alpha value is -0.900. The number of Topliss-reactive ketones (excluding diaryl/α,β-unsaturated/α-hetero) is 1. The number of nitrogens with zero attached hydrogens (tertiary/aromatic N) is 1. The topological polar surface area (TPSA) is 40.5 Å². The zero-order chi connectivity index (χ0) is 12.8. The maximum Gasteiger partial charge on any atom is 0.179 e. The largest absolute Gasteiger partial charge is 0.395 e. The number of aliphatic hydroxyl groups excluding tert-OH is 1. The number of carbonyl (C=O) groups is 1. The molecule has 1 aromatic carbocycles. The summed E-state index contributed by atoms with van der Waals surface area (Å²) in [4.78, 5) is 14.1. The van der Waals surface area contributed by atoms with Crippen LogP contribution in [0.15, 0.2) is 24.3 Å². The molecule has 0 radical (unpaired) electrons. The summed E-state index contributed by atoms with van der Waals surface area (Å²) in [5.74, 6) is 0.0304. The quantitative estimate of drug-likeness (QED) is 0.793. The van der Waals surface area contributed by atoms with Gasteiger partial charge in [0.2, 0.25) is 0 Å². The van der Waals surface area contributed by atoms with Crippen molar-refractivity contribution in [1.82, 2.24) is 4.90 Å². The number of benzene rings is 1. The average Bonchev–Trinajstić information content (AvgIpc) is 2.34. The van der Waals surface area contributed by atoms with E-state index in [-0.39, 0.29) is 18.4 Å². The van der Waals surface area contributed by atoms with Crippen LogP contribution in [0.2, 0.25) is 5.02 Å². The van der Waals surface area contributed by atoms with Gasteiger partial charge in [0, 0.05) is 17.1 Å². The highest BCUT2D eigenvalue weighted by atomic mass is 35.5. The van der Waals surface area contributed by atoms with E-state index in [4.69, 9.17) is 16.7 Å². The number of ketones is 1. The molecule has 0 aliphatic carbocycles. The fourth-order valence-corrected chi connectivity index (χ4v) is 1.99. The molecular formula is C13H18ClNO2. The summed E-state index contributed by atoms with van der Waals surface area (Å²) in [5, 5.41) is 9.50. The van der Waals surface area contributed by atoms with Crippen molar-refractivity contribution < 1.29 is 9.90 Å². The smallest absolute Gasteiger partial charge is 0.179 e. The molecule has 1 atom stereocenters. The van der Waals surface area contributed by atoms with E-state index in [1.165, 1.54) is 0 Å². The van der Waals surface area contributed by atoms with Gasteiger partial charge in [-0.1, -0.05) is 30.7 Å². The molecule has 0 saturated heterocycles. The Morgan fingerprint density at radius 2 is 2.24 bits per heavy atom. The van der Waals surface area contributed by atoms with Gasteiger partial charge < -0.3 is 5.11 Å². The van der Waals surface area contributed by atoms with Crippen LogP contribution in [0.3, 0.4) is 0 Å². The van der Waals surface area contributed by atoms with Gasteiger partial charge >= 0.3 is 0 Å². The van der Waals surface area contributed by atoms with Gasteiger partial charge in [-0.05, 0) is 25.6 Å². The second kappa shape index (κ2) is 6.74. The van der Waals surface area contributed by atoms with Crippen molar-refractivity contribution in [3.8, 4) is 0 Å². The maximum absolute atomic E-state index is 12.2. The maximum atomic E-state index is 12.2. The number of likely N-dealkylation sites (N-methyl/N-ethyl adjacent to an activating group) is 1. The van der Waals surface area contributed by atoms with Crippen molar-refractivity contribution in [3.05, 3.63) is 34.9 Å². The molecule has 0 aromatic heterocycles. The van der Waals surface area contributed by atoms with E-state index < -0.39 is 0 Å². The van der Waals surface area contributed by atoms with Crippen LogP contribution in [0.5, 0.6) is 0 Å². The Labute approximate surface area is 107 Å². The minimum absolute atomic E-state index is 0.0304. The highest BCUT2D eigenvalue weighted by Crippen LogP contribution is 2.14. The minimum Gasteiger partial charge on any atom is -0.395 e. The molecule has 0 fully saturated rings. The predicted molar refractivity (Wildman–Crippen MR) is 69.6 cm³/mol. The SMILES string of the molecule is CCN(CCO)C(C)C(=O)c1cccc(Cl)c1. The van der Waals surface area contributed by atoms with Crippen LogP contribution in [0.1, 0.15) is 24.2 Å². The van der Waals surface area contributed by atoms with Crippen LogP contribution in [0, 0.1) is 0 Å². The molecule has 0 amide bonds. The first-order valence-corrected chi connectivity index (χ1v) is 6.12. The van der Waals surface area contributed by atoms with Gasteiger partial charge in [-0.2, -0.15) is 0 Å². The highest BCUT2D eigenvalue weighted by molar-refractivity contribution is 6.31. The molecule has 0 spiro atoms. The third-order valence-corrected chi connectivity index (χ3v) is 3.06. The number of rotatable bonds is 6. The van der Waals surface area contributed by atoms with E-state index in [2.05, 4.69) is 0 Å². The fourth-order valence-electron chi connectivity index (χ4n) is 1.80. The van der Waals surface area contributed by atoms with Gasteiger partial charge in [-0.15, -0.1) is 0 Å². The first-order chi connectivity index (χ1) is 8.10. The summed E-state index contributed by atoms with van der Waals surface area (Å²) in [5.41, 5.74) is 0.612. The van der Waals surface area contributed by atoms with Crippen molar-refractivity contribution in [3.63, 3.8) is 0 Å². The second-order valence-corrected chi connectivity index (χ2v) is 4.34. The van der Waals surface area contributed by atoms with Gasteiger partial charge in [0.15, 0.2) is 5.78 Å². The molecule has 94 valence electrons. The van der Waals surface area contributed by atoms with E-state index in [0.29, 0.717) is 17.1 Å². The number of halogens is 1. The molecule has 0 bridgehead atoms. The van der Waals surface area contributed by atoms with Gasteiger partial charge in [0.05, 0.1) is 12.6 Å². The lowest BCUT2D eigenvalue weighted by atomic mass is 10.0. The summed E-state index contributed by atoms with van der Waals surface area (Å²) < 4.78 is 0. The lowest BCUT2D eigenvalue weighted by molar-refractivity contribution is 0.0817. The van der Waals surface area contributed by atoms with Crippen molar-refractivity contribution >= 4 is 17.4 Å². The fraction of sp³-hybridized carbons (Fsp3) is 0.462. The number of hydrogen-bond donors (Lipinski definition) is 1. The Kier molecular flexibility index (Phi) is 5.62. The van der Waals surface area contributed by atoms with Crippen molar-refractivity contribution in [2.24, 2.45) is 0 Å². The first kappa shape index (κ1) is 14.2. The normalized spacial score (nSPS) is 12.8. The molecule has 4 heteroatoms. The molecule has 17 heavy (non-hydrogen) atoms. The monoisotopic (exact) mass is 255 g/mol. The molecular weight excluding hydrogens is 238 g/mol. The molecule has 1 aromatic rings. The van der Waals surface area contributed by atoms with Crippen LogP contribution in [-0.4, -0.2) is 41.5 Å². The van der Waals surface area contributed by atoms with Crippen LogP contribution < -0.4 is 0 Å². The molecule has 0 saturated carbocycles. The Balaban J connectivity index is 2.81. The molecule has 0 heterocycles. The first-order valence-electron chi connectivity index (χ1n) is 5.74. The van der Waals surface area contributed by atoms with Gasteiger partial charge in [-0.3, -0.25) is 9.69 Å². The zero-order valence-corrected chi connectivity index (χ0v) is 10.9. The lowest BCUT2D eigenvalue weighted by Gasteiger charge is -2.25. The van der Waals surface area contributed by atoms with Crippen LogP contribution in [0.25, 0.3) is 0 Å². The summed E-state index contributed by atoms with van der Waals surface area (Å²) in [6.45, 7) is 5.11. The molecule has 0 aliphatic rings. The third-order valence-electron chi connectivity index (χ3n) is 2.83. The van der Waals surface area contributed by atoms with Gasteiger partial charge in [0.25, 0.3) is 0 Å². The lowest BCUT2D eigenvalue weighted by Crippen LogP contribution is -2.40. The third kappa shape index (κ3) is 3.80. The highest BCUT2D eigenvalue weighted by Gasteiger charge is 2.20. The molecule has 3 nitrogen and oxygen atoms in total.